The Kier molecular flexibility index (Phi) is 2.76. The molecule has 4 rings (SSSR count). The van der Waals surface area contributed by atoms with Crippen LogP contribution in [0.3, 0.4) is 0 Å². The molecule has 22 heavy (non-hydrogen) atoms. The van der Waals surface area contributed by atoms with Crippen LogP contribution in [0.2, 0.25) is 0 Å². The van der Waals surface area contributed by atoms with Gasteiger partial charge in [0, 0.05) is 6.04 Å². The van der Waals surface area contributed by atoms with Crippen LogP contribution in [0.5, 0.6) is 0 Å². The summed E-state index contributed by atoms with van der Waals surface area (Å²) in [6.07, 6.45) is 1.88. The number of nitrogens with zero attached hydrogens (tertiary/aromatic N) is 1. The fraction of sp³-hybridized carbons (Fsp3) is 0.647. The van der Waals surface area contributed by atoms with Gasteiger partial charge < -0.3 is 4.74 Å². The van der Waals surface area contributed by atoms with Gasteiger partial charge in [-0.1, -0.05) is 31.5 Å². The first-order chi connectivity index (χ1) is 10.2. The van der Waals surface area contributed by atoms with Crippen molar-refractivity contribution in [3.63, 3.8) is 0 Å². The molecule has 0 spiro atoms. The number of hydrogen-bond donors (Lipinski definition) is 0. The summed E-state index contributed by atoms with van der Waals surface area (Å²) in [5.74, 6) is 0.437. The monoisotopic (exact) mass is 321 g/mol. The molecule has 1 saturated carbocycles. The van der Waals surface area contributed by atoms with Gasteiger partial charge in [0.1, 0.15) is 0 Å². The number of epoxide rings is 1. The Morgan fingerprint density at radius 3 is 2.45 bits per heavy atom. The Morgan fingerprint density at radius 2 is 1.86 bits per heavy atom. The predicted molar refractivity (Wildman–Crippen MR) is 84.1 cm³/mol. The van der Waals surface area contributed by atoms with Crippen LogP contribution >= 0.6 is 0 Å². The molecule has 1 aromatic rings. The lowest BCUT2D eigenvalue weighted by atomic mass is 9.77. The molecule has 1 aliphatic carbocycles. The van der Waals surface area contributed by atoms with E-state index in [2.05, 4.69) is 20.8 Å². The molecule has 2 heterocycles. The van der Waals surface area contributed by atoms with E-state index in [-0.39, 0.29) is 23.3 Å². The predicted octanol–water partition coefficient (Wildman–Crippen LogP) is 2.71. The summed E-state index contributed by atoms with van der Waals surface area (Å²) in [6.45, 7) is 8.37. The third kappa shape index (κ3) is 1.73. The number of fused-ring (bicyclic) bond motifs is 2. The fourth-order valence-electron chi connectivity index (χ4n) is 4.31. The molecule has 1 unspecified atom stereocenters. The second kappa shape index (κ2) is 4.13. The number of benzene rings is 1. The number of ether oxygens (including phenoxy) is 1. The Morgan fingerprint density at radius 1 is 1.23 bits per heavy atom. The van der Waals surface area contributed by atoms with Gasteiger partial charge in [0.25, 0.3) is 0 Å². The van der Waals surface area contributed by atoms with Crippen LogP contribution in [-0.4, -0.2) is 36.0 Å². The van der Waals surface area contributed by atoms with E-state index in [0.29, 0.717) is 10.8 Å². The maximum atomic E-state index is 13.0. The second-order valence-electron chi connectivity index (χ2n) is 7.61. The van der Waals surface area contributed by atoms with Crippen molar-refractivity contribution in [2.24, 2.45) is 5.92 Å². The molecule has 1 aromatic carbocycles. The lowest BCUT2D eigenvalue weighted by molar-refractivity contribution is 0.221. The van der Waals surface area contributed by atoms with Crippen molar-refractivity contribution in [2.75, 3.05) is 0 Å². The zero-order chi connectivity index (χ0) is 15.9. The lowest BCUT2D eigenvalue weighted by Gasteiger charge is -2.21. The summed E-state index contributed by atoms with van der Waals surface area (Å²) in [5.41, 5.74) is 0.729. The number of hydrogen-bond acceptors (Lipinski definition) is 3. The molecule has 5 heteroatoms. The first-order valence-electron chi connectivity index (χ1n) is 8.01. The van der Waals surface area contributed by atoms with Crippen LogP contribution in [0, 0.1) is 12.8 Å². The summed E-state index contributed by atoms with van der Waals surface area (Å²) in [4.78, 5) is 0.405. The minimum atomic E-state index is -3.40. The van der Waals surface area contributed by atoms with E-state index in [0.717, 1.165) is 18.4 Å². The van der Waals surface area contributed by atoms with E-state index in [4.69, 9.17) is 4.74 Å². The summed E-state index contributed by atoms with van der Waals surface area (Å²) in [6, 6.07) is 7.23. The van der Waals surface area contributed by atoms with E-state index < -0.39 is 10.0 Å². The fourth-order valence-corrected chi connectivity index (χ4v) is 6.35. The van der Waals surface area contributed by atoms with Crippen LogP contribution in [0.15, 0.2) is 29.2 Å². The van der Waals surface area contributed by atoms with Gasteiger partial charge in [-0.2, -0.15) is 4.31 Å². The van der Waals surface area contributed by atoms with E-state index >= 15 is 0 Å². The van der Waals surface area contributed by atoms with Crippen LogP contribution in [0.4, 0.5) is 0 Å². The lowest BCUT2D eigenvalue weighted by Crippen LogP contribution is -2.33. The van der Waals surface area contributed by atoms with Crippen LogP contribution in [0.1, 0.15) is 39.2 Å². The molecule has 0 bridgehead atoms. The number of rotatable bonds is 3. The standard InChI is InChI=1S/C17H23NO3S/c1-11(2)17-9-14-16(4,10-15(17)21-17)18(14)22(19,20)13-7-5-12(3)6-8-13/h5-8,11,14-15H,9-10H2,1-4H3/t14-,15-,16+,17-,18?/m0/s1. The van der Waals surface area contributed by atoms with E-state index in [1.54, 1.807) is 16.4 Å². The van der Waals surface area contributed by atoms with Crippen molar-refractivity contribution in [1.82, 2.24) is 4.31 Å². The largest absolute Gasteiger partial charge is 0.366 e. The zero-order valence-electron chi connectivity index (χ0n) is 13.5. The molecule has 3 fully saturated rings. The Bertz CT molecular complexity index is 727. The highest BCUT2D eigenvalue weighted by Crippen LogP contribution is 2.65. The number of sulfonamides is 1. The maximum absolute atomic E-state index is 13.0. The van der Waals surface area contributed by atoms with Crippen molar-refractivity contribution >= 4 is 10.0 Å². The van der Waals surface area contributed by atoms with Gasteiger partial charge in [-0.05, 0) is 44.7 Å². The molecule has 0 amide bonds. The third-order valence-electron chi connectivity index (χ3n) is 5.95. The molecular weight excluding hydrogens is 298 g/mol. The molecule has 0 aromatic heterocycles. The van der Waals surface area contributed by atoms with Gasteiger partial charge in [0.15, 0.2) is 0 Å². The van der Waals surface area contributed by atoms with E-state index in [9.17, 15) is 8.42 Å². The molecule has 3 aliphatic rings. The van der Waals surface area contributed by atoms with Crippen molar-refractivity contribution in [1.29, 1.82) is 0 Å². The smallest absolute Gasteiger partial charge is 0.243 e. The Hall–Kier alpha value is -0.910. The molecular formula is C17H23NO3S. The summed E-state index contributed by atoms with van der Waals surface area (Å²) < 4.78 is 33.6. The average molecular weight is 321 g/mol. The highest BCUT2D eigenvalue weighted by atomic mass is 32.2. The van der Waals surface area contributed by atoms with Gasteiger partial charge in [0.2, 0.25) is 10.0 Å². The first-order valence-corrected chi connectivity index (χ1v) is 9.45. The normalized spacial score (nSPS) is 42.7. The maximum Gasteiger partial charge on any atom is 0.243 e. The van der Waals surface area contributed by atoms with Crippen LogP contribution in [0.25, 0.3) is 0 Å². The van der Waals surface area contributed by atoms with E-state index in [1.807, 2.05) is 19.1 Å². The highest BCUT2D eigenvalue weighted by molar-refractivity contribution is 7.89. The van der Waals surface area contributed by atoms with Gasteiger partial charge in [-0.25, -0.2) is 8.42 Å². The molecule has 5 atom stereocenters. The van der Waals surface area contributed by atoms with Crippen molar-refractivity contribution < 1.29 is 13.2 Å². The molecule has 120 valence electrons. The minimum Gasteiger partial charge on any atom is -0.366 e. The Balaban J connectivity index is 1.64. The zero-order valence-corrected chi connectivity index (χ0v) is 14.4. The summed E-state index contributed by atoms with van der Waals surface area (Å²) in [7, 11) is -3.40. The van der Waals surface area contributed by atoms with Gasteiger partial charge >= 0.3 is 0 Å². The Labute approximate surface area is 132 Å². The van der Waals surface area contributed by atoms with Gasteiger partial charge in [-0.3, -0.25) is 0 Å². The second-order valence-corrected chi connectivity index (χ2v) is 9.43. The van der Waals surface area contributed by atoms with Gasteiger partial charge in [-0.15, -0.1) is 0 Å². The molecule has 4 nitrogen and oxygen atoms in total. The quantitative estimate of drug-likeness (QED) is 0.804. The molecule has 2 saturated heterocycles. The highest BCUT2D eigenvalue weighted by Gasteiger charge is 2.77. The van der Waals surface area contributed by atoms with Crippen LogP contribution in [-0.2, 0) is 14.8 Å². The summed E-state index contributed by atoms with van der Waals surface area (Å²) in [5, 5.41) is 0. The third-order valence-corrected chi connectivity index (χ3v) is 8.01. The molecule has 2 aliphatic heterocycles. The van der Waals surface area contributed by atoms with E-state index in [1.165, 1.54) is 0 Å². The molecule has 0 N–H and O–H groups in total. The molecule has 0 radical (unpaired) electrons. The topological polar surface area (TPSA) is 49.7 Å². The van der Waals surface area contributed by atoms with Crippen molar-refractivity contribution in [2.45, 2.75) is 68.7 Å². The minimum absolute atomic E-state index is 0.0816. The van der Waals surface area contributed by atoms with Crippen LogP contribution < -0.4 is 0 Å². The van der Waals surface area contributed by atoms with Crippen molar-refractivity contribution in [3.05, 3.63) is 29.8 Å². The van der Waals surface area contributed by atoms with Crippen molar-refractivity contribution in [3.8, 4) is 0 Å². The van der Waals surface area contributed by atoms with Gasteiger partial charge in [0.05, 0.1) is 22.1 Å². The number of aryl methyl sites for hydroxylation is 1. The average Bonchev–Trinajstić information content (AvgIpc) is 3.27. The summed E-state index contributed by atoms with van der Waals surface area (Å²) >= 11 is 0. The first kappa shape index (κ1) is 14.7. The SMILES string of the molecule is Cc1ccc(S(=O)(=O)N2[C@H]3C[C@@]4(C(C)C)O[C@H]4C[C@]32C)cc1.